The fraction of sp³-hybridized carbons (Fsp3) is 0.229. The average Bonchev–Trinajstić information content (AvgIpc) is 1.59. The van der Waals surface area contributed by atoms with Gasteiger partial charge < -0.3 is 56.4 Å². The molecule has 5 aliphatic rings. The number of pyridine rings is 8. The van der Waals surface area contributed by atoms with Gasteiger partial charge in [0.05, 0.1) is 45.5 Å². The molecule has 6 aromatic carbocycles. The number of fused-ring (bicyclic) bond motifs is 20. The summed E-state index contributed by atoms with van der Waals surface area (Å²) in [7, 11) is 2.04. The van der Waals surface area contributed by atoms with Crippen LogP contribution < -0.4 is 49.0 Å². The van der Waals surface area contributed by atoms with Crippen LogP contribution in [-0.2, 0) is 0 Å². The normalized spacial score (nSPS) is 16.5. The molecular weight excluding hydrogens is 1700 g/mol. The van der Waals surface area contributed by atoms with Gasteiger partial charge in [-0.05, 0) is 248 Å². The molecule has 0 saturated heterocycles. The monoisotopic (exact) mass is 1800 g/mol. The Balaban J connectivity index is 0.0000000986. The van der Waals surface area contributed by atoms with Gasteiger partial charge >= 0.3 is 0 Å². The van der Waals surface area contributed by atoms with Gasteiger partial charge in [-0.15, -0.1) is 0 Å². The van der Waals surface area contributed by atoms with Gasteiger partial charge in [-0.2, -0.15) is 0 Å². The van der Waals surface area contributed by atoms with Crippen LogP contribution in [0, 0.1) is 34.6 Å². The Kier molecular flexibility index (Phi) is 21.1. The Labute approximate surface area is 785 Å². The van der Waals surface area contributed by atoms with Crippen molar-refractivity contribution in [2.75, 3.05) is 56.0 Å². The Morgan fingerprint density at radius 1 is 0.221 bits per heavy atom. The first-order valence-corrected chi connectivity index (χ1v) is 46.3. The molecule has 678 valence electrons. The van der Waals surface area contributed by atoms with E-state index in [1.165, 1.54) is 5.56 Å². The third-order valence-corrected chi connectivity index (χ3v) is 27.0. The SMILES string of the molecule is Cc1ccc2c(oc3ncccc32)c1N1c2cccnc2N(C(C)C)[C@@H]1C.Cc1ccc2c(oc3ncccc32)c1N1c2ncccc2N(C(C)C)[C@@H]1C.Cc1ccc2c(oc3ncccc32)c1N1c2ncccc2N(c2ccccc2)[C@@H]1C.Cc1ccc2c(oc3ncccc32)c1N1c2nccnc2N(C(C)C)[C@@H]1C.Cc1ccc2c(oc3ncccc32)c1N1c2nccnc2N(C)[C@@H]1C. The van der Waals surface area contributed by atoms with Gasteiger partial charge in [0.25, 0.3) is 0 Å². The van der Waals surface area contributed by atoms with Gasteiger partial charge in [-0.1, -0.05) is 78.9 Å². The second kappa shape index (κ2) is 33.7. The molecule has 0 aliphatic carbocycles. The highest BCUT2D eigenvalue weighted by atomic mass is 16.4. The van der Waals surface area contributed by atoms with Crippen LogP contribution >= 0.6 is 0 Å². The van der Waals surface area contributed by atoms with Crippen LogP contribution in [0.3, 0.4) is 0 Å². The van der Waals surface area contributed by atoms with Crippen LogP contribution in [0.25, 0.3) is 110 Å². The van der Waals surface area contributed by atoms with E-state index in [0.29, 0.717) is 46.7 Å². The molecule has 0 saturated carbocycles. The quantitative estimate of drug-likeness (QED) is 0.130. The van der Waals surface area contributed by atoms with Crippen LogP contribution in [-0.4, -0.2) is 116 Å². The summed E-state index contributed by atoms with van der Waals surface area (Å²) in [6.07, 6.45) is 21.8. The zero-order valence-corrected chi connectivity index (χ0v) is 78.8. The Morgan fingerprint density at radius 2 is 0.493 bits per heavy atom. The number of hydrogen-bond donors (Lipinski definition) is 0. The number of para-hydroxylation sites is 1. The molecule has 0 radical (unpaired) electrons. The maximum Gasteiger partial charge on any atom is 0.227 e. The fourth-order valence-electron chi connectivity index (χ4n) is 21.0. The van der Waals surface area contributed by atoms with Crippen molar-refractivity contribution in [2.24, 2.45) is 0 Å². The molecular formula is C109H102N22O5. The summed E-state index contributed by atoms with van der Waals surface area (Å²) in [4.78, 5) is 77.4. The Morgan fingerprint density at radius 3 is 0.882 bits per heavy atom. The lowest BCUT2D eigenvalue weighted by atomic mass is 10.1. The minimum absolute atomic E-state index is 0.0303. The zero-order chi connectivity index (χ0) is 93.5. The number of furan rings is 5. The van der Waals surface area contributed by atoms with E-state index in [-0.39, 0.29) is 30.8 Å². The van der Waals surface area contributed by atoms with Gasteiger partial charge in [0, 0.05) is 159 Å². The van der Waals surface area contributed by atoms with Crippen molar-refractivity contribution in [1.29, 1.82) is 0 Å². The molecule has 0 bridgehead atoms. The number of rotatable bonds is 9. The van der Waals surface area contributed by atoms with E-state index in [0.717, 1.165) is 196 Å². The van der Waals surface area contributed by atoms with Crippen molar-refractivity contribution >= 4 is 202 Å². The van der Waals surface area contributed by atoms with Crippen molar-refractivity contribution in [3.63, 3.8) is 0 Å². The van der Waals surface area contributed by atoms with E-state index in [2.05, 4.69) is 337 Å². The predicted molar refractivity (Wildman–Crippen MR) is 546 cm³/mol. The van der Waals surface area contributed by atoms with Gasteiger partial charge in [0.15, 0.2) is 68.6 Å². The van der Waals surface area contributed by atoms with E-state index in [9.17, 15) is 0 Å². The molecule has 5 atom stereocenters. The number of anilines is 16. The summed E-state index contributed by atoms with van der Waals surface area (Å²) in [5, 5.41) is 10.6. The number of nitrogens with zero attached hydrogens (tertiary/aromatic N) is 22. The number of aryl methyl sites for hydroxylation is 5. The molecule has 20 heterocycles. The fourth-order valence-corrected chi connectivity index (χ4v) is 21.0. The van der Waals surface area contributed by atoms with Crippen LogP contribution in [0.1, 0.15) is 104 Å². The lowest BCUT2D eigenvalue weighted by Crippen LogP contribution is -2.42. The van der Waals surface area contributed by atoms with E-state index >= 15 is 0 Å². The summed E-state index contributed by atoms with van der Waals surface area (Å²) in [6.45, 7) is 34.8. The molecule has 27 heteroatoms. The Hall–Kier alpha value is -16.3. The lowest BCUT2D eigenvalue weighted by Gasteiger charge is -2.33. The first kappa shape index (κ1) is 85.2. The molecule has 0 unspecified atom stereocenters. The zero-order valence-electron chi connectivity index (χ0n) is 78.8. The van der Waals surface area contributed by atoms with Crippen LogP contribution in [0.4, 0.5) is 91.9 Å². The molecule has 27 nitrogen and oxygen atoms in total. The Bertz CT molecular complexity index is 7770. The molecule has 0 fully saturated rings. The molecule has 0 spiro atoms. The topological polar surface area (TPSA) is 253 Å². The summed E-state index contributed by atoms with van der Waals surface area (Å²) in [6, 6.07) is 65.2. The van der Waals surface area contributed by atoms with Gasteiger partial charge in [0.2, 0.25) is 28.6 Å². The van der Waals surface area contributed by atoms with Gasteiger partial charge in [0.1, 0.15) is 30.8 Å². The average molecular weight is 1800 g/mol. The highest BCUT2D eigenvalue weighted by Crippen LogP contribution is 2.55. The second-order valence-corrected chi connectivity index (χ2v) is 36.1. The summed E-state index contributed by atoms with van der Waals surface area (Å²) >= 11 is 0. The van der Waals surface area contributed by atoms with E-state index in [1.807, 2.05) is 86.3 Å². The van der Waals surface area contributed by atoms with Gasteiger partial charge in [-0.25, -0.2) is 59.8 Å². The summed E-state index contributed by atoms with van der Waals surface area (Å²) < 4.78 is 31.1. The second-order valence-electron chi connectivity index (χ2n) is 36.1. The smallest absolute Gasteiger partial charge is 0.227 e. The van der Waals surface area contributed by atoms with Crippen molar-refractivity contribution < 1.29 is 22.1 Å². The lowest BCUT2D eigenvalue weighted by molar-refractivity contribution is 0.597. The molecule has 136 heavy (non-hydrogen) atoms. The molecule has 26 rings (SSSR count). The highest BCUT2D eigenvalue weighted by molar-refractivity contribution is 6.15. The third-order valence-electron chi connectivity index (χ3n) is 27.0. The molecule has 15 aromatic heterocycles. The predicted octanol–water partition coefficient (Wildman–Crippen LogP) is 25.9. The maximum atomic E-state index is 6.28. The molecule has 0 amide bonds. The van der Waals surface area contributed by atoms with Crippen molar-refractivity contribution in [1.82, 2.24) is 59.8 Å². The molecule has 0 N–H and O–H groups in total. The molecule has 5 aliphatic heterocycles. The summed E-state index contributed by atoms with van der Waals surface area (Å²) in [5.41, 5.74) is 23.1. The maximum absolute atomic E-state index is 6.28. The van der Waals surface area contributed by atoms with Crippen molar-refractivity contribution in [2.45, 2.75) is 160 Å². The van der Waals surface area contributed by atoms with Crippen LogP contribution in [0.2, 0.25) is 0 Å². The van der Waals surface area contributed by atoms with Gasteiger partial charge in [-0.3, -0.25) is 14.7 Å². The third kappa shape index (κ3) is 13.6. The van der Waals surface area contributed by atoms with Crippen molar-refractivity contribution in [3.05, 3.63) is 290 Å². The van der Waals surface area contributed by atoms with E-state index in [1.54, 1.807) is 55.8 Å². The van der Waals surface area contributed by atoms with Crippen molar-refractivity contribution in [3.8, 4) is 0 Å². The van der Waals surface area contributed by atoms with E-state index in [4.69, 9.17) is 32.1 Å². The van der Waals surface area contributed by atoms with Crippen LogP contribution in [0.5, 0.6) is 0 Å². The number of hydrogen-bond acceptors (Lipinski definition) is 27. The van der Waals surface area contributed by atoms with E-state index < -0.39 is 0 Å². The summed E-state index contributed by atoms with van der Waals surface area (Å²) in [5.74, 6) is 6.42. The minimum atomic E-state index is 0.0303. The standard InChI is InChI=1S/C25H20N4O.2C22H22N4O.C21H21N5O.C19H17N5O/c1-16-12-13-19-20-10-6-15-27-25(20)30-23(19)22(16)29-17(2)28(18-8-4-3-5-9-18)21-11-7-14-26-24(21)29;1-13(2)25-15(4)26(18-8-6-11-23-21(18)25)19-14(3)9-10-16-17-7-5-12-24-22(17)27-20(16)19;1-13(2)25-15(4)26(21-18(25)8-6-11-23-21)19-14(3)9-10-16-17-7-5-12-24-22(17)27-20(16)19;1-12(2)25-14(4)26(20-19(25)22-10-11-23-20)17-13(3)7-8-15-16-6-5-9-24-21(16)27-18(15)17;1-11-6-7-13-14-5-4-8-22-19(14)25-16(13)15(11)24-12(2)23(3)17-18(24)21-10-9-20-17/h3-15,17H,1-2H3;2*5-13,15H,1-4H3;5-12,14H,1-4H3;4-10,12H,1-3H3/t17-;2*15-;14-;12-/m00000/s1. The minimum Gasteiger partial charge on any atom is -0.435 e. The largest absolute Gasteiger partial charge is 0.435 e. The molecule has 21 aromatic rings. The number of aromatic nitrogens is 12. The first-order chi connectivity index (χ1) is 66.1. The highest BCUT2D eigenvalue weighted by Gasteiger charge is 2.45. The number of benzene rings is 6. The first-order valence-electron chi connectivity index (χ1n) is 46.3. The van der Waals surface area contributed by atoms with Crippen LogP contribution in [0.15, 0.2) is 285 Å².